The molecule has 0 saturated carbocycles. The molecule has 4 nitrogen and oxygen atoms in total. The molecule has 0 saturated heterocycles. The predicted molar refractivity (Wildman–Crippen MR) is 114 cm³/mol. The van der Waals surface area contributed by atoms with Gasteiger partial charge in [0.1, 0.15) is 5.82 Å². The lowest BCUT2D eigenvalue weighted by atomic mass is 10.0. The highest BCUT2D eigenvalue weighted by molar-refractivity contribution is 9.10. The van der Waals surface area contributed by atoms with E-state index >= 15 is 0 Å². The van der Waals surface area contributed by atoms with Gasteiger partial charge in [-0.05, 0) is 45.3 Å². The number of hydrogen-bond acceptors (Lipinski definition) is 3. The zero-order valence-corrected chi connectivity index (χ0v) is 17.8. The zero-order chi connectivity index (χ0) is 19.1. The van der Waals surface area contributed by atoms with Crippen molar-refractivity contribution in [3.63, 3.8) is 0 Å². The van der Waals surface area contributed by atoms with Crippen LogP contribution < -0.4 is 0 Å². The van der Waals surface area contributed by atoms with E-state index in [1.54, 1.807) is 0 Å². The van der Waals surface area contributed by atoms with Gasteiger partial charge in [0, 0.05) is 20.6 Å². The highest BCUT2D eigenvalue weighted by Crippen LogP contribution is 2.32. The standard InChI is InChI=1S/C21H20BrClN4/c1-13-19-11-24-21(15-6-4-5-7-17(15)23)16-10-14(22)8-9-18(16)27(19)20(25-13)12-26(2)3/h4-10H,11-12H2,1-3H3. The molecule has 0 amide bonds. The first kappa shape index (κ1) is 18.4. The molecule has 0 unspecified atom stereocenters. The Bertz CT molecular complexity index is 1050. The van der Waals surface area contributed by atoms with Crippen molar-refractivity contribution in [3.8, 4) is 5.69 Å². The summed E-state index contributed by atoms with van der Waals surface area (Å²) in [6, 6.07) is 14.2. The molecule has 6 heteroatoms. The fourth-order valence-corrected chi connectivity index (χ4v) is 4.09. The van der Waals surface area contributed by atoms with E-state index in [1.807, 2.05) is 24.3 Å². The number of rotatable bonds is 3. The molecule has 2 heterocycles. The molecule has 1 aromatic heterocycles. The van der Waals surface area contributed by atoms with Crippen LogP contribution in [0.5, 0.6) is 0 Å². The van der Waals surface area contributed by atoms with Gasteiger partial charge in [-0.25, -0.2) is 4.98 Å². The van der Waals surface area contributed by atoms with E-state index in [1.165, 1.54) is 0 Å². The Morgan fingerprint density at radius 1 is 1.15 bits per heavy atom. The first-order valence-corrected chi connectivity index (χ1v) is 9.94. The second-order valence-electron chi connectivity index (χ2n) is 6.94. The first-order valence-electron chi connectivity index (χ1n) is 8.77. The topological polar surface area (TPSA) is 33.4 Å². The minimum atomic E-state index is 0.569. The Kier molecular flexibility index (Phi) is 4.93. The first-order chi connectivity index (χ1) is 13.0. The molecule has 0 aliphatic carbocycles. The maximum absolute atomic E-state index is 6.52. The van der Waals surface area contributed by atoms with Crippen LogP contribution in [0.2, 0.25) is 5.02 Å². The third-order valence-corrected chi connectivity index (χ3v) is 5.49. The van der Waals surface area contributed by atoms with Gasteiger partial charge in [-0.3, -0.25) is 9.56 Å². The maximum Gasteiger partial charge on any atom is 0.128 e. The molecule has 0 atom stereocenters. The van der Waals surface area contributed by atoms with Crippen molar-refractivity contribution in [2.75, 3.05) is 14.1 Å². The average Bonchev–Trinajstić information content (AvgIpc) is 2.82. The third-order valence-electron chi connectivity index (χ3n) is 4.67. The number of halogens is 2. The van der Waals surface area contributed by atoms with Crippen molar-refractivity contribution in [2.24, 2.45) is 4.99 Å². The van der Waals surface area contributed by atoms with E-state index in [2.05, 4.69) is 64.6 Å². The molecule has 0 radical (unpaired) electrons. The molecular weight excluding hydrogens is 424 g/mol. The lowest BCUT2D eigenvalue weighted by Crippen LogP contribution is -2.16. The number of hydrogen-bond donors (Lipinski definition) is 0. The van der Waals surface area contributed by atoms with Crippen LogP contribution in [0, 0.1) is 6.92 Å². The van der Waals surface area contributed by atoms with E-state index in [0.29, 0.717) is 11.6 Å². The second kappa shape index (κ2) is 7.23. The van der Waals surface area contributed by atoms with Crippen LogP contribution in [0.3, 0.4) is 0 Å². The summed E-state index contributed by atoms with van der Waals surface area (Å²) in [4.78, 5) is 11.9. The largest absolute Gasteiger partial charge is 0.302 e. The summed E-state index contributed by atoms with van der Waals surface area (Å²) in [6.07, 6.45) is 0. The van der Waals surface area contributed by atoms with Crippen LogP contribution >= 0.6 is 27.5 Å². The van der Waals surface area contributed by atoms with Gasteiger partial charge in [0.15, 0.2) is 0 Å². The molecule has 1 aliphatic rings. The van der Waals surface area contributed by atoms with Gasteiger partial charge in [0.2, 0.25) is 0 Å². The van der Waals surface area contributed by atoms with Crippen LogP contribution in [0.1, 0.15) is 28.3 Å². The smallest absolute Gasteiger partial charge is 0.128 e. The van der Waals surface area contributed by atoms with E-state index in [0.717, 1.165) is 50.8 Å². The molecule has 3 aromatic rings. The van der Waals surface area contributed by atoms with Gasteiger partial charge in [-0.2, -0.15) is 0 Å². The number of imidazole rings is 1. The minimum absolute atomic E-state index is 0.569. The Hall–Kier alpha value is -1.95. The van der Waals surface area contributed by atoms with Crippen molar-refractivity contribution in [2.45, 2.75) is 20.0 Å². The van der Waals surface area contributed by atoms with Gasteiger partial charge in [0.25, 0.3) is 0 Å². The highest BCUT2D eigenvalue weighted by Gasteiger charge is 2.24. The monoisotopic (exact) mass is 442 g/mol. The predicted octanol–water partition coefficient (Wildman–Crippen LogP) is 5.01. The highest BCUT2D eigenvalue weighted by atomic mass is 79.9. The summed E-state index contributed by atoms with van der Waals surface area (Å²) in [5, 5.41) is 0.706. The molecule has 0 bridgehead atoms. The van der Waals surface area contributed by atoms with E-state index in [-0.39, 0.29) is 0 Å². The number of fused-ring (bicyclic) bond motifs is 3. The van der Waals surface area contributed by atoms with Gasteiger partial charge in [-0.15, -0.1) is 0 Å². The quantitative estimate of drug-likeness (QED) is 0.570. The van der Waals surface area contributed by atoms with Crippen LogP contribution in [0.15, 0.2) is 51.9 Å². The summed E-state index contributed by atoms with van der Waals surface area (Å²) in [5.74, 6) is 1.02. The van der Waals surface area contributed by atoms with Gasteiger partial charge >= 0.3 is 0 Å². The van der Waals surface area contributed by atoms with Gasteiger partial charge < -0.3 is 4.90 Å². The second-order valence-corrected chi connectivity index (χ2v) is 8.26. The number of aromatic nitrogens is 2. The Balaban J connectivity index is 1.99. The maximum atomic E-state index is 6.52. The third kappa shape index (κ3) is 3.35. The molecular formula is C21H20BrClN4. The number of aliphatic imine (C=N–C) groups is 1. The van der Waals surface area contributed by atoms with Crippen LogP contribution in [0.4, 0.5) is 0 Å². The van der Waals surface area contributed by atoms with Gasteiger partial charge in [0.05, 0.1) is 35.9 Å². The fourth-order valence-electron chi connectivity index (χ4n) is 3.50. The molecule has 1 aliphatic heterocycles. The minimum Gasteiger partial charge on any atom is -0.302 e. The van der Waals surface area contributed by atoms with E-state index < -0.39 is 0 Å². The molecule has 27 heavy (non-hydrogen) atoms. The number of aryl methyl sites for hydroxylation is 1. The lowest BCUT2D eigenvalue weighted by Gasteiger charge is -2.17. The van der Waals surface area contributed by atoms with Crippen LogP contribution in [0.25, 0.3) is 5.69 Å². The summed E-state index contributed by atoms with van der Waals surface area (Å²) in [6.45, 7) is 3.39. The summed E-state index contributed by atoms with van der Waals surface area (Å²) >= 11 is 10.1. The molecule has 2 aromatic carbocycles. The molecule has 0 N–H and O–H groups in total. The molecule has 0 fully saturated rings. The summed E-state index contributed by atoms with van der Waals surface area (Å²) in [5.41, 5.74) is 6.14. The average molecular weight is 444 g/mol. The van der Waals surface area contributed by atoms with Crippen LogP contribution in [-0.4, -0.2) is 34.3 Å². The van der Waals surface area contributed by atoms with Crippen LogP contribution in [-0.2, 0) is 13.1 Å². The number of benzene rings is 2. The van der Waals surface area contributed by atoms with E-state index in [4.69, 9.17) is 21.6 Å². The fraction of sp³-hybridized carbons (Fsp3) is 0.238. The molecule has 0 spiro atoms. The van der Waals surface area contributed by atoms with Crippen molar-refractivity contribution in [1.82, 2.24) is 14.5 Å². The lowest BCUT2D eigenvalue weighted by molar-refractivity contribution is 0.387. The SMILES string of the molecule is Cc1nc(CN(C)C)n2c1CN=C(c1ccccc1Cl)c1cc(Br)ccc1-2. The summed E-state index contributed by atoms with van der Waals surface area (Å²) in [7, 11) is 4.11. The summed E-state index contributed by atoms with van der Waals surface area (Å²) < 4.78 is 3.26. The Morgan fingerprint density at radius 2 is 1.93 bits per heavy atom. The Morgan fingerprint density at radius 3 is 2.67 bits per heavy atom. The normalized spacial score (nSPS) is 13.2. The Labute approximate surface area is 172 Å². The number of nitrogens with zero attached hydrogens (tertiary/aromatic N) is 4. The molecule has 4 rings (SSSR count). The van der Waals surface area contributed by atoms with Gasteiger partial charge in [-0.1, -0.05) is 45.7 Å². The van der Waals surface area contributed by atoms with Crippen molar-refractivity contribution >= 4 is 33.2 Å². The molecule has 138 valence electrons. The van der Waals surface area contributed by atoms with Crippen molar-refractivity contribution < 1.29 is 0 Å². The zero-order valence-electron chi connectivity index (χ0n) is 15.5. The van der Waals surface area contributed by atoms with E-state index in [9.17, 15) is 0 Å². The van der Waals surface area contributed by atoms with Crippen molar-refractivity contribution in [1.29, 1.82) is 0 Å². The van der Waals surface area contributed by atoms with Crippen molar-refractivity contribution in [3.05, 3.63) is 80.3 Å².